The lowest BCUT2D eigenvalue weighted by Crippen LogP contribution is -2.49. The van der Waals surface area contributed by atoms with Gasteiger partial charge >= 0.3 is 0 Å². The second-order valence-corrected chi connectivity index (χ2v) is 9.14. The van der Waals surface area contributed by atoms with E-state index >= 15 is 0 Å². The van der Waals surface area contributed by atoms with Crippen LogP contribution < -0.4 is 0 Å². The third-order valence-corrected chi connectivity index (χ3v) is 7.03. The first-order valence-corrected chi connectivity index (χ1v) is 11.5. The highest BCUT2D eigenvalue weighted by Crippen LogP contribution is 2.53. The second-order valence-electron chi connectivity index (χ2n) is 9.14. The molecule has 2 aromatic rings. The lowest BCUT2D eigenvalue weighted by atomic mass is 9.73. The highest BCUT2D eigenvalue weighted by Gasteiger charge is 2.56. The number of aryl methyl sites for hydroxylation is 1. The normalized spacial score (nSPS) is 32.0. The minimum absolute atomic E-state index is 0.125. The van der Waals surface area contributed by atoms with Crippen molar-refractivity contribution in [2.24, 2.45) is 10.9 Å². The number of aromatic amines is 2. The first kappa shape index (κ1) is 19.7. The molecule has 0 amide bonds. The smallest absolute Gasteiger partial charge is 0.226 e. The Balaban J connectivity index is 1.62. The average molecular weight is 408 g/mol. The van der Waals surface area contributed by atoms with Crippen molar-refractivity contribution in [3.8, 4) is 0 Å². The van der Waals surface area contributed by atoms with Gasteiger partial charge in [-0.3, -0.25) is 0 Å². The molecule has 5 nitrogen and oxygen atoms in total. The van der Waals surface area contributed by atoms with Crippen molar-refractivity contribution in [1.82, 2.24) is 9.97 Å². The predicted octanol–water partition coefficient (Wildman–Crippen LogP) is 5.48. The van der Waals surface area contributed by atoms with E-state index in [2.05, 4.69) is 41.2 Å². The Labute approximate surface area is 179 Å². The van der Waals surface area contributed by atoms with Crippen molar-refractivity contribution in [3.63, 3.8) is 0 Å². The number of hydrogen-bond donors (Lipinski definition) is 2. The van der Waals surface area contributed by atoms with Gasteiger partial charge in [0, 0.05) is 23.7 Å². The molecule has 4 atom stereocenters. The van der Waals surface area contributed by atoms with E-state index in [1.54, 1.807) is 7.11 Å². The minimum Gasteiger partial charge on any atom is -0.496 e. The molecule has 2 bridgehead atoms. The Morgan fingerprint density at radius 2 is 2.00 bits per heavy atom. The van der Waals surface area contributed by atoms with Crippen molar-refractivity contribution in [1.29, 1.82) is 0 Å². The average Bonchev–Trinajstić information content (AvgIpc) is 3.46. The SMILES string of the molecule is COC1=CC(c2ccc[nH]2)=NC12OC(C)CC1CCCCCCCc3ccc([nH]3)C12. The molecular formula is C25H33N3O2. The molecule has 160 valence electrons. The lowest BCUT2D eigenvalue weighted by Gasteiger charge is -2.47. The number of fused-ring (bicyclic) bond motifs is 5. The standard InChI is InChI=1S/C25H33N3O2/c1-17-15-18-9-6-4-3-5-7-10-19-12-13-21(27-19)24(18)25(30-17)23(29-2)16-22(28-25)20-11-8-14-26-20/h8,11-14,16-18,24,26-27H,3-7,9-10,15H2,1-2H3. The van der Waals surface area contributed by atoms with Gasteiger partial charge in [0.05, 0.1) is 30.5 Å². The molecule has 0 radical (unpaired) electrons. The highest BCUT2D eigenvalue weighted by molar-refractivity contribution is 6.09. The number of H-pyrrole nitrogens is 2. The Kier molecular flexibility index (Phi) is 5.32. The maximum Gasteiger partial charge on any atom is 0.226 e. The number of ether oxygens (including phenoxy) is 2. The molecular weight excluding hydrogens is 374 g/mol. The van der Waals surface area contributed by atoms with Crippen LogP contribution in [0.5, 0.6) is 0 Å². The van der Waals surface area contributed by atoms with Gasteiger partial charge < -0.3 is 19.4 Å². The van der Waals surface area contributed by atoms with Gasteiger partial charge in [0.1, 0.15) is 0 Å². The molecule has 4 unspecified atom stereocenters. The maximum atomic E-state index is 6.71. The second kappa shape index (κ2) is 8.10. The summed E-state index contributed by atoms with van der Waals surface area (Å²) in [5.41, 5.74) is 3.67. The van der Waals surface area contributed by atoms with Crippen LogP contribution in [0.15, 0.2) is 47.3 Å². The summed E-state index contributed by atoms with van der Waals surface area (Å²) in [7, 11) is 1.74. The van der Waals surface area contributed by atoms with Crippen LogP contribution in [-0.2, 0) is 15.9 Å². The number of methoxy groups -OCH3 is 1. The lowest BCUT2D eigenvalue weighted by molar-refractivity contribution is -0.147. The summed E-state index contributed by atoms with van der Waals surface area (Å²) < 4.78 is 12.7. The molecule has 3 aliphatic heterocycles. The molecule has 5 heteroatoms. The molecule has 0 saturated carbocycles. The van der Waals surface area contributed by atoms with Crippen LogP contribution in [0.2, 0.25) is 0 Å². The minimum atomic E-state index is -0.802. The molecule has 3 aliphatic rings. The van der Waals surface area contributed by atoms with Gasteiger partial charge in [-0.15, -0.1) is 0 Å². The Morgan fingerprint density at radius 1 is 1.13 bits per heavy atom. The van der Waals surface area contributed by atoms with E-state index < -0.39 is 5.72 Å². The first-order valence-electron chi connectivity index (χ1n) is 11.5. The highest BCUT2D eigenvalue weighted by atomic mass is 16.6. The molecule has 1 spiro atoms. The summed E-state index contributed by atoms with van der Waals surface area (Å²) in [6.45, 7) is 2.18. The van der Waals surface area contributed by atoms with E-state index in [9.17, 15) is 0 Å². The zero-order chi connectivity index (χ0) is 20.6. The number of rotatable bonds is 2. The summed E-state index contributed by atoms with van der Waals surface area (Å²) in [6, 6.07) is 8.58. The van der Waals surface area contributed by atoms with Crippen molar-refractivity contribution in [2.75, 3.05) is 7.11 Å². The van der Waals surface area contributed by atoms with Gasteiger partial charge in [0.15, 0.2) is 5.76 Å². The third kappa shape index (κ3) is 3.43. The van der Waals surface area contributed by atoms with Crippen LogP contribution >= 0.6 is 0 Å². The van der Waals surface area contributed by atoms with Gasteiger partial charge in [0.25, 0.3) is 0 Å². The fourth-order valence-corrected chi connectivity index (χ4v) is 5.73. The van der Waals surface area contributed by atoms with E-state index in [-0.39, 0.29) is 12.0 Å². The van der Waals surface area contributed by atoms with Crippen LogP contribution in [0, 0.1) is 5.92 Å². The zero-order valence-electron chi connectivity index (χ0n) is 18.1. The Morgan fingerprint density at radius 3 is 2.83 bits per heavy atom. The van der Waals surface area contributed by atoms with Crippen LogP contribution in [0.25, 0.3) is 0 Å². The summed E-state index contributed by atoms with van der Waals surface area (Å²) in [5, 5.41) is 0. The molecule has 5 heterocycles. The maximum absolute atomic E-state index is 6.71. The quantitative estimate of drug-likeness (QED) is 0.693. The Bertz CT molecular complexity index is 926. The topological polar surface area (TPSA) is 62.4 Å². The van der Waals surface area contributed by atoms with Gasteiger partial charge in [-0.25, -0.2) is 4.99 Å². The van der Waals surface area contributed by atoms with Crippen molar-refractivity contribution < 1.29 is 9.47 Å². The zero-order valence-corrected chi connectivity index (χ0v) is 18.1. The van der Waals surface area contributed by atoms with Gasteiger partial charge in [-0.1, -0.05) is 25.7 Å². The third-order valence-electron chi connectivity index (χ3n) is 7.03. The number of hydrogen-bond acceptors (Lipinski definition) is 3. The number of allylic oxidation sites excluding steroid dienone is 1. The molecule has 0 aromatic carbocycles. The first-order chi connectivity index (χ1) is 14.7. The summed E-state index contributed by atoms with van der Waals surface area (Å²) in [4.78, 5) is 12.3. The van der Waals surface area contributed by atoms with Gasteiger partial charge in [-0.2, -0.15) is 0 Å². The van der Waals surface area contributed by atoms with Crippen LogP contribution in [0.4, 0.5) is 0 Å². The van der Waals surface area contributed by atoms with Gasteiger partial charge in [0.2, 0.25) is 5.72 Å². The molecule has 0 aliphatic carbocycles. The monoisotopic (exact) mass is 407 g/mol. The number of aliphatic imine (C=N–C) groups is 1. The summed E-state index contributed by atoms with van der Waals surface area (Å²) in [5.74, 6) is 1.45. The van der Waals surface area contributed by atoms with E-state index in [4.69, 9.17) is 14.5 Å². The summed E-state index contributed by atoms with van der Waals surface area (Å²) in [6.07, 6.45) is 14.0. The number of nitrogens with zero attached hydrogens (tertiary/aromatic N) is 1. The van der Waals surface area contributed by atoms with Crippen molar-refractivity contribution in [2.45, 2.75) is 76.0 Å². The number of aromatic nitrogens is 2. The Hall–Kier alpha value is -2.27. The van der Waals surface area contributed by atoms with E-state index in [0.29, 0.717) is 5.92 Å². The fraction of sp³-hybridized carbons (Fsp3) is 0.560. The molecule has 2 N–H and O–H groups in total. The molecule has 1 fully saturated rings. The fourth-order valence-electron chi connectivity index (χ4n) is 5.73. The van der Waals surface area contributed by atoms with Crippen LogP contribution in [0.3, 0.4) is 0 Å². The molecule has 1 saturated heterocycles. The van der Waals surface area contributed by atoms with Crippen molar-refractivity contribution in [3.05, 3.63) is 59.4 Å². The van der Waals surface area contributed by atoms with Crippen molar-refractivity contribution >= 4 is 5.71 Å². The molecule has 30 heavy (non-hydrogen) atoms. The largest absolute Gasteiger partial charge is 0.496 e. The molecule has 2 aromatic heterocycles. The summed E-state index contributed by atoms with van der Waals surface area (Å²) >= 11 is 0. The molecule has 5 rings (SSSR count). The van der Waals surface area contributed by atoms with Crippen LogP contribution in [0.1, 0.15) is 74.9 Å². The van der Waals surface area contributed by atoms with E-state index in [1.165, 1.54) is 49.9 Å². The van der Waals surface area contributed by atoms with E-state index in [0.717, 1.165) is 30.0 Å². The predicted molar refractivity (Wildman–Crippen MR) is 119 cm³/mol. The van der Waals surface area contributed by atoms with E-state index in [1.807, 2.05) is 12.3 Å². The van der Waals surface area contributed by atoms with Crippen LogP contribution in [-0.4, -0.2) is 34.6 Å². The van der Waals surface area contributed by atoms with Gasteiger partial charge in [-0.05, 0) is 62.8 Å². The number of nitrogens with one attached hydrogen (secondary N) is 2.